The third-order valence-corrected chi connectivity index (χ3v) is 9.56. The van der Waals surface area contributed by atoms with Crippen molar-refractivity contribution in [3.63, 3.8) is 0 Å². The summed E-state index contributed by atoms with van der Waals surface area (Å²) in [4.78, 5) is 39.8. The van der Waals surface area contributed by atoms with E-state index in [-0.39, 0.29) is 23.3 Å². The van der Waals surface area contributed by atoms with Gasteiger partial charge in [0.2, 0.25) is 5.91 Å². The number of aromatic nitrogens is 3. The number of fused-ring (bicyclic) bond motifs is 4. The van der Waals surface area contributed by atoms with E-state index in [1.54, 1.807) is 32.1 Å². The Morgan fingerprint density at radius 3 is 2.85 bits per heavy atom. The molecule has 0 unspecified atom stereocenters. The summed E-state index contributed by atoms with van der Waals surface area (Å²) in [5, 5.41) is 2.37. The highest BCUT2D eigenvalue weighted by Crippen LogP contribution is 2.36. The topological polar surface area (TPSA) is 68.1 Å². The number of thioether (sulfide) groups is 1. The van der Waals surface area contributed by atoms with Gasteiger partial charge in [-0.1, -0.05) is 30.8 Å². The van der Waals surface area contributed by atoms with Gasteiger partial charge in [-0.2, -0.15) is 0 Å². The van der Waals surface area contributed by atoms with E-state index in [1.165, 1.54) is 22.2 Å². The molecule has 0 saturated carbocycles. The molecule has 3 aromatic heterocycles. The summed E-state index contributed by atoms with van der Waals surface area (Å²) in [6.45, 7) is 4.67. The van der Waals surface area contributed by atoms with Crippen LogP contribution in [0.4, 0.5) is 0 Å². The fourth-order valence-corrected chi connectivity index (χ4v) is 7.58. The molecule has 5 rings (SSSR count). The molecular weight excluding hydrogens is 472 g/mol. The molecule has 1 aromatic carbocycles. The van der Waals surface area contributed by atoms with E-state index in [4.69, 9.17) is 9.97 Å². The number of nitrogens with zero attached hydrogens (tertiary/aromatic N) is 4. The van der Waals surface area contributed by atoms with Crippen molar-refractivity contribution in [1.29, 1.82) is 0 Å². The Morgan fingerprint density at radius 1 is 1.24 bits per heavy atom. The number of thiophene rings is 1. The van der Waals surface area contributed by atoms with Gasteiger partial charge in [0.1, 0.15) is 9.84 Å². The third kappa shape index (κ3) is 4.11. The second kappa shape index (κ2) is 9.19. The molecule has 9 heteroatoms. The lowest BCUT2D eigenvalue weighted by Gasteiger charge is -2.23. The van der Waals surface area contributed by atoms with Gasteiger partial charge in [0.25, 0.3) is 5.56 Å². The Hall–Kier alpha value is -2.23. The largest absolute Gasteiger partial charge is 0.336 e. The predicted octanol–water partition coefficient (Wildman–Crippen LogP) is 5.28. The van der Waals surface area contributed by atoms with Crippen LogP contribution in [0, 0.1) is 0 Å². The molecule has 4 aromatic rings. The van der Waals surface area contributed by atoms with Crippen LogP contribution in [-0.2, 0) is 24.2 Å². The van der Waals surface area contributed by atoms with Gasteiger partial charge in [-0.05, 0) is 50.3 Å². The molecule has 0 spiro atoms. The Balaban J connectivity index is 1.36. The van der Waals surface area contributed by atoms with Crippen molar-refractivity contribution in [2.45, 2.75) is 57.3 Å². The highest BCUT2D eigenvalue weighted by Gasteiger charge is 2.25. The molecule has 0 aliphatic heterocycles. The Morgan fingerprint density at radius 2 is 2.06 bits per heavy atom. The van der Waals surface area contributed by atoms with E-state index in [0.717, 1.165) is 51.1 Å². The van der Waals surface area contributed by atoms with Crippen LogP contribution in [0.25, 0.3) is 20.4 Å². The maximum Gasteiger partial charge on any atom is 0.263 e. The van der Waals surface area contributed by atoms with Crippen molar-refractivity contribution in [3.8, 4) is 0 Å². The van der Waals surface area contributed by atoms with Crippen molar-refractivity contribution in [2.24, 2.45) is 0 Å². The van der Waals surface area contributed by atoms with Crippen molar-refractivity contribution in [1.82, 2.24) is 19.4 Å². The standard InChI is InChI=1S/C24H26N4O2S3/c1-4-12-28-23(30)20-15-8-7-11-17(15)32-22(20)26-24(28)31-13-19(29)27(3)14(2)21-25-16-9-5-6-10-18(16)33-21/h5-6,9-10,14H,4,7-8,11-13H2,1-3H3/t14-/m1/s1. The first kappa shape index (κ1) is 22.6. The lowest BCUT2D eigenvalue weighted by molar-refractivity contribution is -0.128. The summed E-state index contributed by atoms with van der Waals surface area (Å²) in [6.07, 6.45) is 3.97. The third-order valence-electron chi connectivity index (χ3n) is 6.20. The van der Waals surface area contributed by atoms with E-state index >= 15 is 0 Å². The SMILES string of the molecule is CCCn1c(SCC(=O)N(C)[C@H](C)c2nc3ccccc3s2)nc2sc3c(c2c1=O)CCC3. The molecule has 0 bridgehead atoms. The first-order valence-corrected chi connectivity index (χ1v) is 13.9. The minimum absolute atomic E-state index is 0.00201. The zero-order valence-electron chi connectivity index (χ0n) is 19.0. The van der Waals surface area contributed by atoms with Crippen LogP contribution in [-0.4, -0.2) is 38.1 Å². The molecule has 1 atom stereocenters. The normalized spacial score (nSPS) is 14.2. The number of carbonyl (C=O) groups is 1. The molecule has 0 N–H and O–H groups in total. The fourth-order valence-electron chi connectivity index (χ4n) is 4.27. The Kier molecular flexibility index (Phi) is 6.28. The summed E-state index contributed by atoms with van der Waals surface area (Å²) >= 11 is 4.63. The van der Waals surface area contributed by atoms with Gasteiger partial charge in [-0.15, -0.1) is 22.7 Å². The minimum Gasteiger partial charge on any atom is -0.336 e. The van der Waals surface area contributed by atoms with Gasteiger partial charge in [-0.25, -0.2) is 9.97 Å². The molecule has 172 valence electrons. The highest BCUT2D eigenvalue weighted by molar-refractivity contribution is 7.99. The molecule has 3 heterocycles. The van der Waals surface area contributed by atoms with Crippen LogP contribution in [0.3, 0.4) is 0 Å². The van der Waals surface area contributed by atoms with E-state index in [2.05, 4.69) is 13.0 Å². The number of hydrogen-bond donors (Lipinski definition) is 0. The second-order valence-electron chi connectivity index (χ2n) is 8.38. The minimum atomic E-state index is -0.121. The van der Waals surface area contributed by atoms with E-state index < -0.39 is 0 Å². The Labute approximate surface area is 204 Å². The van der Waals surface area contributed by atoms with Crippen LogP contribution in [0.1, 0.15) is 48.2 Å². The summed E-state index contributed by atoms with van der Waals surface area (Å²) < 4.78 is 2.89. The van der Waals surface area contributed by atoms with Crippen molar-refractivity contribution in [3.05, 3.63) is 50.1 Å². The van der Waals surface area contributed by atoms with E-state index in [0.29, 0.717) is 11.7 Å². The maximum atomic E-state index is 13.3. The average Bonchev–Trinajstić information content (AvgIpc) is 3.52. The summed E-state index contributed by atoms with van der Waals surface area (Å²) in [5.41, 5.74) is 2.21. The van der Waals surface area contributed by atoms with Gasteiger partial charge in [0.15, 0.2) is 5.16 Å². The van der Waals surface area contributed by atoms with Crippen LogP contribution >= 0.6 is 34.4 Å². The van der Waals surface area contributed by atoms with Gasteiger partial charge < -0.3 is 4.90 Å². The highest BCUT2D eigenvalue weighted by atomic mass is 32.2. The number of aryl methyl sites for hydroxylation is 2. The molecule has 1 amide bonds. The molecule has 0 fully saturated rings. The van der Waals surface area contributed by atoms with Crippen molar-refractivity contribution >= 4 is 60.8 Å². The van der Waals surface area contributed by atoms with Crippen LogP contribution in [0.15, 0.2) is 34.2 Å². The van der Waals surface area contributed by atoms with E-state index in [1.807, 2.05) is 32.2 Å². The molecular formula is C24H26N4O2S3. The first-order chi connectivity index (χ1) is 16.0. The number of carbonyl (C=O) groups excluding carboxylic acids is 1. The maximum absolute atomic E-state index is 13.3. The number of rotatable bonds is 7. The first-order valence-electron chi connectivity index (χ1n) is 11.3. The van der Waals surface area contributed by atoms with Crippen molar-refractivity contribution in [2.75, 3.05) is 12.8 Å². The average molecular weight is 499 g/mol. The van der Waals surface area contributed by atoms with Crippen molar-refractivity contribution < 1.29 is 4.79 Å². The lowest BCUT2D eigenvalue weighted by Crippen LogP contribution is -2.31. The molecule has 33 heavy (non-hydrogen) atoms. The molecule has 0 saturated heterocycles. The summed E-state index contributed by atoms with van der Waals surface area (Å²) in [5.74, 6) is 0.233. The van der Waals surface area contributed by atoms with Crippen LogP contribution in [0.5, 0.6) is 0 Å². The summed E-state index contributed by atoms with van der Waals surface area (Å²) in [6, 6.07) is 7.90. The van der Waals surface area contributed by atoms with Gasteiger partial charge in [0.05, 0.1) is 27.4 Å². The zero-order chi connectivity index (χ0) is 23.1. The number of thiazole rings is 1. The monoisotopic (exact) mass is 498 g/mol. The van der Waals surface area contributed by atoms with Gasteiger partial charge in [-0.3, -0.25) is 14.2 Å². The Bertz CT molecular complexity index is 1370. The molecule has 1 aliphatic carbocycles. The molecule has 6 nitrogen and oxygen atoms in total. The van der Waals surface area contributed by atoms with Crippen LogP contribution in [0.2, 0.25) is 0 Å². The molecule has 1 aliphatic rings. The lowest BCUT2D eigenvalue weighted by atomic mass is 10.2. The summed E-state index contributed by atoms with van der Waals surface area (Å²) in [7, 11) is 1.82. The molecule has 0 radical (unpaired) electrons. The smallest absolute Gasteiger partial charge is 0.263 e. The second-order valence-corrected chi connectivity index (χ2v) is 11.5. The van der Waals surface area contributed by atoms with E-state index in [9.17, 15) is 9.59 Å². The number of para-hydroxylation sites is 1. The quantitative estimate of drug-likeness (QED) is 0.256. The predicted molar refractivity (Wildman–Crippen MR) is 138 cm³/mol. The van der Waals surface area contributed by atoms with Gasteiger partial charge >= 0.3 is 0 Å². The van der Waals surface area contributed by atoms with Crippen LogP contribution < -0.4 is 5.56 Å². The number of amides is 1. The fraction of sp³-hybridized carbons (Fsp3) is 0.417. The number of benzene rings is 1. The number of hydrogen-bond acceptors (Lipinski definition) is 7. The van der Waals surface area contributed by atoms with Gasteiger partial charge in [0, 0.05) is 18.5 Å². The zero-order valence-corrected chi connectivity index (χ0v) is 21.4.